The number of carbonyl (C=O) groups is 3. The van der Waals surface area contributed by atoms with Gasteiger partial charge in [0.05, 0.1) is 25.7 Å². The van der Waals surface area contributed by atoms with Crippen molar-refractivity contribution in [2.75, 3.05) is 20.3 Å². The zero-order valence-corrected chi connectivity index (χ0v) is 27.3. The number of methoxy groups -OCH3 is 1. The van der Waals surface area contributed by atoms with Gasteiger partial charge in [0.25, 0.3) is 0 Å². The summed E-state index contributed by atoms with van der Waals surface area (Å²) in [4.78, 5) is 41.4. The van der Waals surface area contributed by atoms with Crippen LogP contribution in [0.5, 0.6) is 11.5 Å². The summed E-state index contributed by atoms with van der Waals surface area (Å²) in [5.41, 5.74) is 1.33. The fourth-order valence-corrected chi connectivity index (χ4v) is 7.39. The highest BCUT2D eigenvalue weighted by Gasteiger charge is 2.52. The molecule has 1 aromatic rings. The second-order valence-electron chi connectivity index (χ2n) is 12.9. The van der Waals surface area contributed by atoms with Gasteiger partial charge >= 0.3 is 0 Å². The molecule has 1 saturated carbocycles. The fraction of sp³-hybridized carbons (Fsp3) is 0.694. The first-order valence-corrected chi connectivity index (χ1v) is 17.4. The molecule has 9 nitrogen and oxygen atoms in total. The Kier molecular flexibility index (Phi) is 13.7. The minimum atomic E-state index is -1.10. The van der Waals surface area contributed by atoms with E-state index < -0.39 is 30.1 Å². The van der Waals surface area contributed by atoms with Gasteiger partial charge in [-0.05, 0) is 37.5 Å². The van der Waals surface area contributed by atoms with Crippen molar-refractivity contribution in [3.05, 3.63) is 34.9 Å². The summed E-state index contributed by atoms with van der Waals surface area (Å²) in [6, 6.07) is 2.47. The SMILES string of the molecule is CCCCCCCCCCCC(=O)N(C1CCCCCC1)[C@@H]1C=C(C(=O)NCCO)[C@@H]2c3cc(C=O)cc(OC)c3O[C@@H]2[C@H]1O. The Balaban J connectivity index is 1.61. The molecule has 3 N–H and O–H groups in total. The third kappa shape index (κ3) is 8.67. The molecule has 3 aliphatic rings. The van der Waals surface area contributed by atoms with Gasteiger partial charge in [-0.25, -0.2) is 0 Å². The van der Waals surface area contributed by atoms with Gasteiger partial charge in [0.15, 0.2) is 11.5 Å². The average molecular weight is 627 g/mol. The summed E-state index contributed by atoms with van der Waals surface area (Å²) in [7, 11) is 1.48. The number of carbonyl (C=O) groups excluding carboxylic acids is 3. The molecule has 0 saturated heterocycles. The standard InChI is InChI=1S/C36H54N2O7/c1-3-4-5-6-7-8-9-10-15-18-31(41)38(26-16-13-11-12-14-17-26)29-23-28(36(43)37-19-20-39)32-27-21-25(24-40)22-30(44-2)34(27)45-35(32)33(29)42/h21-24,26,29,32-33,35,39,42H,3-20H2,1-2H3,(H,37,43)/t29-,32+,33+,35+/m1/s1. The number of hydrogen-bond acceptors (Lipinski definition) is 7. The molecule has 9 heteroatoms. The number of nitrogens with one attached hydrogen (secondary N) is 1. The van der Waals surface area contributed by atoms with Crippen molar-refractivity contribution in [3.63, 3.8) is 0 Å². The Bertz CT molecular complexity index is 1160. The lowest BCUT2D eigenvalue weighted by Gasteiger charge is -2.44. The molecule has 0 bridgehead atoms. The highest BCUT2D eigenvalue weighted by atomic mass is 16.5. The Morgan fingerprint density at radius 3 is 2.31 bits per heavy atom. The van der Waals surface area contributed by atoms with Gasteiger partial charge in [0, 0.05) is 35.7 Å². The maximum absolute atomic E-state index is 14.1. The number of unbranched alkanes of at least 4 members (excludes halogenated alkanes) is 8. The molecule has 1 heterocycles. The van der Waals surface area contributed by atoms with Crippen molar-refractivity contribution in [2.24, 2.45) is 0 Å². The number of benzene rings is 1. The number of fused-ring (bicyclic) bond motifs is 3. The van der Waals surface area contributed by atoms with E-state index in [9.17, 15) is 24.6 Å². The lowest BCUT2D eigenvalue weighted by molar-refractivity contribution is -0.141. The molecular formula is C36H54N2O7. The predicted octanol–water partition coefficient (Wildman–Crippen LogP) is 5.60. The quantitative estimate of drug-likeness (QED) is 0.117. The predicted molar refractivity (Wildman–Crippen MR) is 174 cm³/mol. The van der Waals surface area contributed by atoms with Crippen LogP contribution in [0.1, 0.15) is 131 Å². The summed E-state index contributed by atoms with van der Waals surface area (Å²) in [6.07, 6.45) is 17.4. The number of aldehydes is 1. The molecular weight excluding hydrogens is 572 g/mol. The Hall–Kier alpha value is -2.91. The van der Waals surface area contributed by atoms with E-state index in [0.717, 1.165) is 57.8 Å². The van der Waals surface area contributed by atoms with Gasteiger partial charge in [-0.2, -0.15) is 0 Å². The zero-order valence-electron chi connectivity index (χ0n) is 27.3. The van der Waals surface area contributed by atoms with Crippen molar-refractivity contribution in [1.82, 2.24) is 10.2 Å². The molecule has 0 unspecified atom stereocenters. The van der Waals surface area contributed by atoms with Crippen molar-refractivity contribution >= 4 is 18.1 Å². The largest absolute Gasteiger partial charge is 0.493 e. The minimum Gasteiger partial charge on any atom is -0.493 e. The molecule has 1 fully saturated rings. The third-order valence-electron chi connectivity index (χ3n) is 9.73. The summed E-state index contributed by atoms with van der Waals surface area (Å²) < 4.78 is 11.9. The number of hydrogen-bond donors (Lipinski definition) is 3. The van der Waals surface area contributed by atoms with Gasteiger partial charge in [-0.1, -0.05) is 84.0 Å². The maximum Gasteiger partial charge on any atom is 0.247 e. The van der Waals surface area contributed by atoms with Crippen LogP contribution in [0.15, 0.2) is 23.8 Å². The van der Waals surface area contributed by atoms with Crippen molar-refractivity contribution in [1.29, 1.82) is 0 Å². The van der Waals surface area contributed by atoms with Gasteiger partial charge in [0.1, 0.15) is 18.5 Å². The molecule has 0 radical (unpaired) electrons. The second-order valence-corrected chi connectivity index (χ2v) is 12.9. The van der Waals surface area contributed by atoms with E-state index in [-0.39, 0.29) is 25.1 Å². The highest BCUT2D eigenvalue weighted by Crippen LogP contribution is 2.51. The normalized spacial score (nSPS) is 22.8. The van der Waals surface area contributed by atoms with E-state index in [2.05, 4.69) is 12.2 Å². The van der Waals surface area contributed by atoms with E-state index >= 15 is 0 Å². The van der Waals surface area contributed by atoms with Gasteiger partial charge < -0.3 is 29.9 Å². The van der Waals surface area contributed by atoms with Crippen molar-refractivity contribution in [3.8, 4) is 11.5 Å². The molecule has 0 aromatic heterocycles. The lowest BCUT2D eigenvalue weighted by atomic mass is 9.76. The first kappa shape index (κ1) is 35.0. The van der Waals surface area contributed by atoms with Crippen LogP contribution in [-0.2, 0) is 9.59 Å². The van der Waals surface area contributed by atoms with Crippen LogP contribution in [0.25, 0.3) is 0 Å². The van der Waals surface area contributed by atoms with Crippen LogP contribution in [0.2, 0.25) is 0 Å². The fourth-order valence-electron chi connectivity index (χ4n) is 7.39. The molecule has 4 rings (SSSR count). The van der Waals surface area contributed by atoms with Crippen molar-refractivity contribution < 1.29 is 34.1 Å². The van der Waals surface area contributed by atoms with Gasteiger partial charge in [-0.3, -0.25) is 14.4 Å². The lowest BCUT2D eigenvalue weighted by Crippen LogP contribution is -2.58. The molecule has 1 aromatic carbocycles. The molecule has 4 atom stereocenters. The summed E-state index contributed by atoms with van der Waals surface area (Å²) in [5, 5.41) is 24.2. The Morgan fingerprint density at radius 1 is 1.02 bits per heavy atom. The monoisotopic (exact) mass is 626 g/mol. The number of ether oxygens (including phenoxy) is 2. The van der Waals surface area contributed by atoms with E-state index in [1.165, 1.54) is 45.6 Å². The Morgan fingerprint density at radius 2 is 1.69 bits per heavy atom. The van der Waals surface area contributed by atoms with Crippen LogP contribution in [0.3, 0.4) is 0 Å². The minimum absolute atomic E-state index is 0.00930. The number of aliphatic hydroxyl groups excluding tert-OH is 2. The molecule has 250 valence electrons. The molecule has 1 aliphatic heterocycles. The topological polar surface area (TPSA) is 125 Å². The smallest absolute Gasteiger partial charge is 0.247 e. The summed E-state index contributed by atoms with van der Waals surface area (Å²) >= 11 is 0. The molecule has 2 aliphatic carbocycles. The van der Waals surface area contributed by atoms with Crippen LogP contribution >= 0.6 is 0 Å². The first-order valence-electron chi connectivity index (χ1n) is 17.4. The van der Waals surface area contributed by atoms with Crippen LogP contribution < -0.4 is 14.8 Å². The van der Waals surface area contributed by atoms with Crippen LogP contribution in [-0.4, -0.2) is 77.8 Å². The zero-order chi connectivity index (χ0) is 32.2. The number of rotatable bonds is 17. The second kappa shape index (κ2) is 17.7. The van der Waals surface area contributed by atoms with Crippen LogP contribution in [0.4, 0.5) is 0 Å². The summed E-state index contributed by atoms with van der Waals surface area (Å²) in [6.45, 7) is 2.07. The highest BCUT2D eigenvalue weighted by molar-refractivity contribution is 5.96. The van der Waals surface area contributed by atoms with E-state index in [0.29, 0.717) is 40.9 Å². The van der Waals surface area contributed by atoms with E-state index in [1.807, 2.05) is 4.90 Å². The van der Waals surface area contributed by atoms with Gasteiger partial charge in [-0.15, -0.1) is 0 Å². The van der Waals surface area contributed by atoms with Crippen molar-refractivity contribution in [2.45, 2.75) is 140 Å². The van der Waals surface area contributed by atoms with E-state index in [4.69, 9.17) is 9.47 Å². The molecule has 0 spiro atoms. The average Bonchev–Trinajstić information content (AvgIpc) is 3.24. The van der Waals surface area contributed by atoms with Gasteiger partial charge in [0.2, 0.25) is 11.8 Å². The third-order valence-corrected chi connectivity index (χ3v) is 9.73. The first-order chi connectivity index (χ1) is 21.9. The summed E-state index contributed by atoms with van der Waals surface area (Å²) in [5.74, 6) is -0.307. The van der Waals surface area contributed by atoms with E-state index in [1.54, 1.807) is 18.2 Å². The Labute approximate surface area is 268 Å². The molecule has 2 amide bonds. The number of aliphatic hydroxyl groups is 2. The number of nitrogens with zero attached hydrogens (tertiary/aromatic N) is 1. The maximum atomic E-state index is 14.1. The van der Waals surface area contributed by atoms with Crippen LogP contribution in [0, 0.1) is 0 Å². The molecule has 45 heavy (non-hydrogen) atoms. The number of amides is 2.